The Hall–Kier alpha value is -1.92. The molecule has 1 aliphatic heterocycles. The Bertz CT molecular complexity index is 765. The van der Waals surface area contributed by atoms with E-state index in [9.17, 15) is 9.59 Å². The first kappa shape index (κ1) is 23.2. The molecule has 6 nitrogen and oxygen atoms in total. The third-order valence-corrected chi connectivity index (χ3v) is 7.38. The highest BCUT2D eigenvalue weighted by Gasteiger charge is 2.33. The van der Waals surface area contributed by atoms with Gasteiger partial charge >= 0.3 is 0 Å². The minimum absolute atomic E-state index is 0.0260. The molecule has 2 aliphatic carbocycles. The number of nitrogens with zero attached hydrogens (tertiary/aromatic N) is 3. The molecule has 32 heavy (non-hydrogen) atoms. The topological polar surface area (TPSA) is 55.9 Å². The number of rotatable bonds is 9. The second-order valence-electron chi connectivity index (χ2n) is 9.88. The van der Waals surface area contributed by atoms with Crippen LogP contribution in [0.2, 0.25) is 0 Å². The van der Waals surface area contributed by atoms with Gasteiger partial charge in [-0.1, -0.05) is 44.4 Å². The molecule has 2 saturated carbocycles. The number of carbonyl (C=O) groups is 2. The molecule has 1 saturated heterocycles. The van der Waals surface area contributed by atoms with Crippen molar-refractivity contribution in [2.24, 2.45) is 5.92 Å². The zero-order valence-electron chi connectivity index (χ0n) is 19.7. The Morgan fingerprint density at radius 2 is 1.72 bits per heavy atom. The van der Waals surface area contributed by atoms with Gasteiger partial charge in [0.15, 0.2) is 0 Å². The van der Waals surface area contributed by atoms with Crippen molar-refractivity contribution in [2.75, 3.05) is 51.1 Å². The summed E-state index contributed by atoms with van der Waals surface area (Å²) in [4.78, 5) is 32.2. The van der Waals surface area contributed by atoms with E-state index in [1.807, 2.05) is 23.1 Å². The third-order valence-electron chi connectivity index (χ3n) is 7.38. The van der Waals surface area contributed by atoms with Crippen molar-refractivity contribution in [1.82, 2.24) is 14.7 Å². The van der Waals surface area contributed by atoms with Crippen LogP contribution in [0.3, 0.4) is 0 Å². The van der Waals surface area contributed by atoms with E-state index in [-0.39, 0.29) is 11.8 Å². The minimum atomic E-state index is 0.0260. The van der Waals surface area contributed by atoms with Gasteiger partial charge in [-0.2, -0.15) is 0 Å². The number of nitrogens with one attached hydrogen (secondary N) is 1. The van der Waals surface area contributed by atoms with Gasteiger partial charge in [-0.15, -0.1) is 0 Å². The van der Waals surface area contributed by atoms with Crippen LogP contribution >= 0.6 is 0 Å². The fourth-order valence-corrected chi connectivity index (χ4v) is 5.26. The Balaban J connectivity index is 1.20. The molecule has 0 atom stereocenters. The van der Waals surface area contributed by atoms with Gasteiger partial charge in [0.05, 0.1) is 13.1 Å². The highest BCUT2D eigenvalue weighted by atomic mass is 16.2. The number of benzene rings is 1. The number of hydrogen-bond donors (Lipinski definition) is 1. The van der Waals surface area contributed by atoms with E-state index >= 15 is 0 Å². The summed E-state index contributed by atoms with van der Waals surface area (Å²) in [5.74, 6) is 1.08. The number of piperazine rings is 1. The highest BCUT2D eigenvalue weighted by Crippen LogP contribution is 2.31. The lowest BCUT2D eigenvalue weighted by molar-refractivity contribution is -0.134. The van der Waals surface area contributed by atoms with Crippen molar-refractivity contribution in [2.45, 2.75) is 64.3 Å². The van der Waals surface area contributed by atoms with Crippen LogP contribution in [-0.4, -0.2) is 78.4 Å². The number of carbonyl (C=O) groups excluding carboxylic acids is 2. The van der Waals surface area contributed by atoms with Crippen LogP contribution in [0.25, 0.3) is 0 Å². The largest absolute Gasteiger partial charge is 0.339 e. The van der Waals surface area contributed by atoms with E-state index in [0.717, 1.165) is 56.3 Å². The minimum Gasteiger partial charge on any atom is -0.339 e. The lowest BCUT2D eigenvalue weighted by Gasteiger charge is -2.36. The van der Waals surface area contributed by atoms with E-state index in [4.69, 9.17) is 0 Å². The summed E-state index contributed by atoms with van der Waals surface area (Å²) in [7, 11) is 0. The van der Waals surface area contributed by atoms with Crippen LogP contribution in [0, 0.1) is 5.92 Å². The first-order chi connectivity index (χ1) is 15.6. The summed E-state index contributed by atoms with van der Waals surface area (Å²) in [5, 5.41) is 3.06. The van der Waals surface area contributed by atoms with E-state index < -0.39 is 0 Å². The lowest BCUT2D eigenvalue weighted by atomic mass is 9.89. The molecule has 0 aromatic heterocycles. The van der Waals surface area contributed by atoms with Crippen LogP contribution in [0.5, 0.6) is 0 Å². The van der Waals surface area contributed by atoms with E-state index in [1.165, 1.54) is 44.9 Å². The Kier molecular flexibility index (Phi) is 8.20. The summed E-state index contributed by atoms with van der Waals surface area (Å²) in [6, 6.07) is 8.62. The summed E-state index contributed by atoms with van der Waals surface area (Å²) in [5.41, 5.74) is 2.07. The Morgan fingerprint density at radius 3 is 2.41 bits per heavy atom. The maximum absolute atomic E-state index is 13.0. The summed E-state index contributed by atoms with van der Waals surface area (Å²) in [6.45, 7) is 7.14. The quantitative estimate of drug-likeness (QED) is 0.640. The zero-order valence-corrected chi connectivity index (χ0v) is 19.7. The van der Waals surface area contributed by atoms with E-state index in [1.54, 1.807) is 0 Å². The van der Waals surface area contributed by atoms with Gasteiger partial charge in [0.25, 0.3) is 0 Å². The van der Waals surface area contributed by atoms with Crippen LogP contribution in [0.15, 0.2) is 24.3 Å². The first-order valence-corrected chi connectivity index (χ1v) is 12.7. The van der Waals surface area contributed by atoms with Crippen molar-refractivity contribution in [3.05, 3.63) is 29.8 Å². The zero-order chi connectivity index (χ0) is 22.3. The van der Waals surface area contributed by atoms with Crippen molar-refractivity contribution in [3.63, 3.8) is 0 Å². The molecule has 1 aromatic rings. The number of anilines is 1. The predicted octanol–water partition coefficient (Wildman–Crippen LogP) is 3.38. The SMILES string of the molecule is CCc1ccccc1NC(=O)CN1CCN(C(=O)CN(CC2CCCCC2)C2CC2)CC1. The monoisotopic (exact) mass is 440 g/mol. The predicted molar refractivity (Wildman–Crippen MR) is 129 cm³/mol. The summed E-state index contributed by atoms with van der Waals surface area (Å²) >= 11 is 0. The molecule has 0 spiro atoms. The van der Waals surface area contributed by atoms with Crippen molar-refractivity contribution < 1.29 is 9.59 Å². The number of aryl methyl sites for hydroxylation is 1. The van der Waals surface area contributed by atoms with Gasteiger partial charge in [0.2, 0.25) is 11.8 Å². The fraction of sp³-hybridized carbons (Fsp3) is 0.692. The molecule has 176 valence electrons. The van der Waals surface area contributed by atoms with Gasteiger partial charge in [-0.25, -0.2) is 0 Å². The van der Waals surface area contributed by atoms with Crippen LogP contribution in [-0.2, 0) is 16.0 Å². The molecule has 6 heteroatoms. The molecule has 0 unspecified atom stereocenters. The molecule has 1 aromatic carbocycles. The molecule has 3 aliphatic rings. The molecule has 3 fully saturated rings. The first-order valence-electron chi connectivity index (χ1n) is 12.7. The molecule has 1 heterocycles. The molecule has 4 rings (SSSR count). The molecule has 0 radical (unpaired) electrons. The molecule has 0 bridgehead atoms. The number of para-hydroxylation sites is 1. The summed E-state index contributed by atoms with van der Waals surface area (Å²) in [6.07, 6.45) is 10.2. The molecular weight excluding hydrogens is 400 g/mol. The van der Waals surface area contributed by atoms with Gasteiger partial charge in [-0.3, -0.25) is 19.4 Å². The smallest absolute Gasteiger partial charge is 0.238 e. The lowest BCUT2D eigenvalue weighted by Crippen LogP contribution is -2.53. The van der Waals surface area contributed by atoms with E-state index in [0.29, 0.717) is 19.1 Å². The normalized spacial score (nSPS) is 20.5. The average molecular weight is 441 g/mol. The van der Waals surface area contributed by atoms with Crippen molar-refractivity contribution in [1.29, 1.82) is 0 Å². The second-order valence-corrected chi connectivity index (χ2v) is 9.88. The molecule has 1 N–H and O–H groups in total. The van der Waals surface area contributed by atoms with Gasteiger partial charge in [-0.05, 0) is 49.7 Å². The van der Waals surface area contributed by atoms with Crippen molar-refractivity contribution >= 4 is 17.5 Å². The highest BCUT2D eigenvalue weighted by molar-refractivity contribution is 5.93. The Labute approximate surface area is 193 Å². The maximum atomic E-state index is 13.0. The second kappa shape index (κ2) is 11.3. The van der Waals surface area contributed by atoms with Gasteiger partial charge in [0, 0.05) is 44.5 Å². The Morgan fingerprint density at radius 1 is 1.00 bits per heavy atom. The average Bonchev–Trinajstić information content (AvgIpc) is 3.66. The van der Waals surface area contributed by atoms with Gasteiger partial charge < -0.3 is 10.2 Å². The fourth-order valence-electron chi connectivity index (χ4n) is 5.26. The summed E-state index contributed by atoms with van der Waals surface area (Å²) < 4.78 is 0. The number of hydrogen-bond acceptors (Lipinski definition) is 4. The van der Waals surface area contributed by atoms with Crippen LogP contribution in [0.1, 0.15) is 57.4 Å². The van der Waals surface area contributed by atoms with Crippen molar-refractivity contribution in [3.8, 4) is 0 Å². The number of amides is 2. The van der Waals surface area contributed by atoms with Crippen LogP contribution < -0.4 is 5.32 Å². The molecular formula is C26H40N4O2. The standard InChI is InChI=1S/C26H40N4O2/c1-2-22-10-6-7-11-24(22)27-25(31)19-28-14-16-29(17-15-28)26(32)20-30(23-12-13-23)18-21-8-4-3-5-9-21/h6-7,10-11,21,23H,2-5,8-9,12-20H2,1H3,(H,27,31). The van der Waals surface area contributed by atoms with Crippen LogP contribution in [0.4, 0.5) is 5.69 Å². The third kappa shape index (κ3) is 6.55. The maximum Gasteiger partial charge on any atom is 0.238 e. The van der Waals surface area contributed by atoms with Gasteiger partial charge in [0.1, 0.15) is 0 Å². The van der Waals surface area contributed by atoms with E-state index in [2.05, 4.69) is 28.1 Å². The molecule has 2 amide bonds.